The summed E-state index contributed by atoms with van der Waals surface area (Å²) in [6.07, 6.45) is 16.8. The maximum Gasteiger partial charge on any atom is 0.279 e. The van der Waals surface area contributed by atoms with E-state index < -0.39 is 23.5 Å². The minimum atomic E-state index is -0.778. The molecule has 6 nitrogen and oxygen atoms in total. The maximum atomic E-state index is 14.1. The highest BCUT2D eigenvalue weighted by Gasteiger charge is 2.28. The van der Waals surface area contributed by atoms with Crippen LogP contribution in [0.25, 0.3) is 0 Å². The minimum absolute atomic E-state index is 0.222. The normalized spacial score (nSPS) is 18.6. The molecule has 0 aromatic rings. The van der Waals surface area contributed by atoms with E-state index in [4.69, 9.17) is 10.2 Å². The molecule has 0 aliphatic heterocycles. The number of allylic oxidation sites excluding steroid dienone is 2. The lowest BCUT2D eigenvalue weighted by molar-refractivity contribution is -0.119. The molecule has 0 bridgehead atoms. The predicted octanol–water partition coefficient (Wildman–Crippen LogP) is 5.29. The molecule has 35 heavy (non-hydrogen) atoms. The molecular formula is C27H46F2N2O4. The molecule has 1 fully saturated rings. The summed E-state index contributed by atoms with van der Waals surface area (Å²) in [4.78, 5) is 24.1. The molecule has 0 saturated heterocycles. The summed E-state index contributed by atoms with van der Waals surface area (Å²) >= 11 is 0. The van der Waals surface area contributed by atoms with Gasteiger partial charge in [0.2, 0.25) is 0 Å². The summed E-state index contributed by atoms with van der Waals surface area (Å²) in [7, 11) is 0. The zero-order valence-corrected chi connectivity index (χ0v) is 21.2. The number of aliphatic hydroxyl groups is 2. The molecule has 0 spiro atoms. The Balaban J connectivity index is 2.19. The number of aliphatic hydroxyl groups excluding tert-OH is 2. The van der Waals surface area contributed by atoms with Crippen molar-refractivity contribution in [1.29, 1.82) is 0 Å². The van der Waals surface area contributed by atoms with E-state index in [1.165, 1.54) is 12.2 Å². The Morgan fingerprint density at radius 3 is 1.34 bits per heavy atom. The molecule has 8 heteroatoms. The molecular weight excluding hydrogens is 454 g/mol. The van der Waals surface area contributed by atoms with Crippen molar-refractivity contribution in [2.75, 3.05) is 13.2 Å². The summed E-state index contributed by atoms with van der Waals surface area (Å²) in [5, 5.41) is 22.8. The van der Waals surface area contributed by atoms with E-state index in [1.807, 2.05) is 0 Å². The molecule has 1 saturated carbocycles. The van der Waals surface area contributed by atoms with Gasteiger partial charge in [-0.15, -0.1) is 0 Å². The van der Waals surface area contributed by atoms with E-state index in [1.54, 1.807) is 0 Å². The first-order valence-corrected chi connectivity index (χ1v) is 13.5. The van der Waals surface area contributed by atoms with Crippen LogP contribution in [0.1, 0.15) is 109 Å². The first-order valence-electron chi connectivity index (χ1n) is 13.5. The Morgan fingerprint density at radius 1 is 0.629 bits per heavy atom. The number of carbonyl (C=O) groups excluding carboxylic acids is 2. The Labute approximate surface area is 209 Å². The third-order valence-corrected chi connectivity index (χ3v) is 6.41. The van der Waals surface area contributed by atoms with Crippen molar-refractivity contribution in [1.82, 2.24) is 10.6 Å². The minimum Gasteiger partial charge on any atom is -0.396 e. The van der Waals surface area contributed by atoms with Gasteiger partial charge < -0.3 is 20.8 Å². The number of carbonyl (C=O) groups is 2. The molecule has 0 aromatic carbocycles. The van der Waals surface area contributed by atoms with Gasteiger partial charge in [0, 0.05) is 25.3 Å². The molecule has 0 aromatic heterocycles. The molecule has 0 heterocycles. The number of rotatable bonds is 20. The Bertz CT molecular complexity index is 601. The fraction of sp³-hybridized carbons (Fsp3) is 0.778. The number of amides is 2. The Morgan fingerprint density at radius 2 is 0.971 bits per heavy atom. The highest BCUT2D eigenvalue weighted by atomic mass is 19.1. The zero-order valence-electron chi connectivity index (χ0n) is 21.2. The number of hydrogen-bond acceptors (Lipinski definition) is 4. The fourth-order valence-electron chi connectivity index (χ4n) is 4.32. The van der Waals surface area contributed by atoms with E-state index in [2.05, 4.69) is 10.6 Å². The molecule has 1 aliphatic rings. The first kappa shape index (κ1) is 31.2. The summed E-state index contributed by atoms with van der Waals surface area (Å²) in [5.41, 5.74) is 0. The van der Waals surface area contributed by atoms with Crippen molar-refractivity contribution in [3.63, 3.8) is 0 Å². The largest absolute Gasteiger partial charge is 0.396 e. The second-order valence-corrected chi connectivity index (χ2v) is 9.53. The van der Waals surface area contributed by atoms with Crippen LogP contribution in [0.3, 0.4) is 0 Å². The van der Waals surface area contributed by atoms with Crippen molar-refractivity contribution in [3.8, 4) is 0 Å². The van der Waals surface area contributed by atoms with Crippen molar-refractivity contribution in [3.05, 3.63) is 23.8 Å². The molecule has 1 rings (SSSR count). The highest BCUT2D eigenvalue weighted by molar-refractivity contribution is 5.92. The number of hydrogen-bond donors (Lipinski definition) is 4. The monoisotopic (exact) mass is 500 g/mol. The second-order valence-electron chi connectivity index (χ2n) is 9.53. The van der Waals surface area contributed by atoms with Crippen LogP contribution in [0.15, 0.2) is 23.8 Å². The van der Waals surface area contributed by atoms with Gasteiger partial charge in [-0.2, -0.15) is 0 Å². The summed E-state index contributed by atoms with van der Waals surface area (Å²) < 4.78 is 28.1. The molecule has 2 atom stereocenters. The van der Waals surface area contributed by atoms with Crippen molar-refractivity contribution < 1.29 is 28.6 Å². The topological polar surface area (TPSA) is 98.7 Å². The van der Waals surface area contributed by atoms with Gasteiger partial charge in [0.1, 0.15) is 0 Å². The van der Waals surface area contributed by atoms with Gasteiger partial charge in [0.15, 0.2) is 11.7 Å². The molecule has 0 radical (unpaired) electrons. The van der Waals surface area contributed by atoms with Crippen LogP contribution in [0.5, 0.6) is 0 Å². The molecule has 2 amide bonds. The predicted molar refractivity (Wildman–Crippen MR) is 135 cm³/mol. The lowest BCUT2D eigenvalue weighted by Gasteiger charge is -2.14. The van der Waals surface area contributed by atoms with Gasteiger partial charge in [-0.05, 0) is 69.9 Å². The van der Waals surface area contributed by atoms with Crippen LogP contribution in [0.4, 0.5) is 8.78 Å². The van der Waals surface area contributed by atoms with E-state index in [0.29, 0.717) is 32.1 Å². The van der Waals surface area contributed by atoms with E-state index in [9.17, 15) is 18.4 Å². The highest BCUT2D eigenvalue weighted by Crippen LogP contribution is 2.21. The number of halogens is 2. The fourth-order valence-corrected chi connectivity index (χ4v) is 4.32. The van der Waals surface area contributed by atoms with Crippen LogP contribution in [0.2, 0.25) is 0 Å². The summed E-state index contributed by atoms with van der Waals surface area (Å²) in [6.45, 7) is 0.443. The van der Waals surface area contributed by atoms with Gasteiger partial charge in [-0.25, -0.2) is 8.78 Å². The Kier molecular flexibility index (Phi) is 18.2. The van der Waals surface area contributed by atoms with Crippen LogP contribution in [-0.2, 0) is 9.59 Å². The maximum absolute atomic E-state index is 14.1. The molecule has 0 unspecified atom stereocenters. The molecule has 4 N–H and O–H groups in total. The second kappa shape index (κ2) is 20.4. The molecule has 202 valence electrons. The van der Waals surface area contributed by atoms with Crippen molar-refractivity contribution in [2.24, 2.45) is 0 Å². The zero-order chi connectivity index (χ0) is 25.7. The number of unbranched alkanes of at least 4 members (excludes halogenated alkanes) is 12. The van der Waals surface area contributed by atoms with Crippen molar-refractivity contribution >= 4 is 11.8 Å². The third-order valence-electron chi connectivity index (χ3n) is 6.41. The van der Waals surface area contributed by atoms with Gasteiger partial charge in [0.25, 0.3) is 11.8 Å². The smallest absolute Gasteiger partial charge is 0.279 e. The van der Waals surface area contributed by atoms with Gasteiger partial charge in [0.05, 0.1) is 0 Å². The average molecular weight is 501 g/mol. The average Bonchev–Trinajstić information content (AvgIpc) is 3.28. The SMILES string of the molecule is O=C(N[C@@H]1CC[C@H](NC(=O)C(F)=CCCCCCCCCO)C1)C(F)=CCCCCCCCCO. The van der Waals surface area contributed by atoms with E-state index in [0.717, 1.165) is 77.0 Å². The van der Waals surface area contributed by atoms with E-state index >= 15 is 0 Å². The van der Waals surface area contributed by atoms with Gasteiger partial charge in [-0.3, -0.25) is 9.59 Å². The third kappa shape index (κ3) is 15.7. The summed E-state index contributed by atoms with van der Waals surface area (Å²) in [6, 6.07) is -0.479. The van der Waals surface area contributed by atoms with Crippen LogP contribution in [0, 0.1) is 0 Å². The lowest BCUT2D eigenvalue weighted by atomic mass is 10.1. The van der Waals surface area contributed by atoms with Crippen LogP contribution in [-0.4, -0.2) is 47.3 Å². The standard InChI is InChI=1S/C27H46F2N2O4/c28-24(15-11-7-3-1-5-9-13-19-32)26(34)30-22-17-18-23(21-22)31-27(35)25(29)16-12-8-4-2-6-10-14-20-33/h15-16,22-23,32-33H,1-14,17-21H2,(H,30,34)(H,31,35)/t22-,23+. The lowest BCUT2D eigenvalue weighted by Crippen LogP contribution is -2.37. The van der Waals surface area contributed by atoms with Crippen LogP contribution < -0.4 is 10.6 Å². The molecule has 1 aliphatic carbocycles. The van der Waals surface area contributed by atoms with Crippen molar-refractivity contribution in [2.45, 2.75) is 121 Å². The number of nitrogens with one attached hydrogen (secondary N) is 2. The van der Waals surface area contributed by atoms with Gasteiger partial charge in [-0.1, -0.05) is 51.4 Å². The van der Waals surface area contributed by atoms with E-state index in [-0.39, 0.29) is 25.3 Å². The Hall–Kier alpha value is -1.80. The quantitative estimate of drug-likeness (QED) is 0.135. The van der Waals surface area contributed by atoms with Crippen LogP contribution >= 0.6 is 0 Å². The summed E-state index contributed by atoms with van der Waals surface area (Å²) in [5.74, 6) is -3.01. The van der Waals surface area contributed by atoms with Gasteiger partial charge >= 0.3 is 0 Å². The first-order chi connectivity index (χ1) is 17.0.